The Kier molecular flexibility index (Phi) is 7.76. The van der Waals surface area contributed by atoms with Crippen LogP contribution in [0.15, 0.2) is 6.07 Å². The van der Waals surface area contributed by atoms with Crippen molar-refractivity contribution < 1.29 is 14.3 Å². The highest BCUT2D eigenvalue weighted by molar-refractivity contribution is 5.99. The number of hydrogen-bond acceptors (Lipinski definition) is 5. The van der Waals surface area contributed by atoms with E-state index >= 15 is 0 Å². The van der Waals surface area contributed by atoms with Gasteiger partial charge in [-0.3, -0.25) is 9.59 Å². The summed E-state index contributed by atoms with van der Waals surface area (Å²) < 4.78 is 5.30. The van der Waals surface area contributed by atoms with Crippen LogP contribution in [0.4, 0.5) is 0 Å². The minimum atomic E-state index is -0.564. The first-order valence-corrected chi connectivity index (χ1v) is 10.5. The van der Waals surface area contributed by atoms with E-state index in [-0.39, 0.29) is 23.9 Å². The number of pyridine rings is 1. The van der Waals surface area contributed by atoms with E-state index in [0.717, 1.165) is 44.3 Å². The summed E-state index contributed by atoms with van der Waals surface area (Å²) >= 11 is 0. The third kappa shape index (κ3) is 5.78. The smallest absolute Gasteiger partial charge is 0.227 e. The predicted molar refractivity (Wildman–Crippen MR) is 114 cm³/mol. The third-order valence-corrected chi connectivity index (χ3v) is 4.88. The van der Waals surface area contributed by atoms with Crippen molar-refractivity contribution >= 4 is 22.9 Å². The highest BCUT2D eigenvalue weighted by atomic mass is 16.5. The van der Waals surface area contributed by atoms with E-state index in [1.165, 1.54) is 7.11 Å². The topological polar surface area (TPSA) is 88.2 Å². The third-order valence-electron chi connectivity index (χ3n) is 4.88. The fourth-order valence-electron chi connectivity index (χ4n) is 3.07. The van der Waals surface area contributed by atoms with E-state index in [0.29, 0.717) is 17.0 Å². The van der Waals surface area contributed by atoms with Gasteiger partial charge in [0.2, 0.25) is 17.6 Å². The molecule has 2 aromatic rings. The maximum atomic E-state index is 13.0. The summed E-state index contributed by atoms with van der Waals surface area (Å²) in [6.45, 7) is 11.3. The second-order valence-corrected chi connectivity index (χ2v) is 8.45. The molecular formula is C22H34N4O3. The number of Topliss-reactive ketones (excluding diaryl/α,β-unsaturated/α-hetero) is 1. The molecule has 0 aromatic carbocycles. The molecule has 0 saturated heterocycles. The Bertz CT molecular complexity index is 844. The number of rotatable bonds is 10. The monoisotopic (exact) mass is 402 g/mol. The summed E-state index contributed by atoms with van der Waals surface area (Å²) in [5, 5.41) is 0. The number of amides is 1. The average Bonchev–Trinajstić information content (AvgIpc) is 3.10. The number of methoxy groups -OCH3 is 1. The molecule has 7 nitrogen and oxygen atoms in total. The second-order valence-electron chi connectivity index (χ2n) is 8.45. The van der Waals surface area contributed by atoms with Gasteiger partial charge in [0.25, 0.3) is 0 Å². The maximum Gasteiger partial charge on any atom is 0.227 e. The van der Waals surface area contributed by atoms with E-state index in [1.54, 1.807) is 6.07 Å². The first-order valence-electron chi connectivity index (χ1n) is 10.5. The number of ether oxygens (including phenoxy) is 1. The molecule has 0 atom stereocenters. The Labute approximate surface area is 173 Å². The molecule has 0 bridgehead atoms. The first kappa shape index (κ1) is 22.8. The normalized spacial score (nSPS) is 11.7. The van der Waals surface area contributed by atoms with Crippen LogP contribution in [0.3, 0.4) is 0 Å². The van der Waals surface area contributed by atoms with Gasteiger partial charge in [-0.2, -0.15) is 4.98 Å². The lowest BCUT2D eigenvalue weighted by molar-refractivity contribution is -0.130. The highest BCUT2D eigenvalue weighted by Crippen LogP contribution is 2.25. The number of hydrogen-bond donors (Lipinski definition) is 1. The van der Waals surface area contributed by atoms with Crippen molar-refractivity contribution in [2.45, 2.75) is 66.7 Å². The number of carbonyl (C=O) groups is 2. The molecule has 0 fully saturated rings. The zero-order valence-electron chi connectivity index (χ0n) is 18.6. The number of carbonyl (C=O) groups excluding carboxylic acids is 2. The molecule has 160 valence electrons. The molecule has 0 unspecified atom stereocenters. The van der Waals surface area contributed by atoms with E-state index in [4.69, 9.17) is 4.74 Å². The van der Waals surface area contributed by atoms with Gasteiger partial charge in [-0.1, -0.05) is 47.5 Å². The number of aromatic amines is 1. The van der Waals surface area contributed by atoms with Crippen molar-refractivity contribution in [3.8, 4) is 5.88 Å². The summed E-state index contributed by atoms with van der Waals surface area (Å²) in [6, 6.07) is 1.75. The van der Waals surface area contributed by atoms with E-state index in [9.17, 15) is 9.59 Å². The summed E-state index contributed by atoms with van der Waals surface area (Å²) in [5.74, 6) is 0.616. The van der Waals surface area contributed by atoms with Crippen LogP contribution in [0.2, 0.25) is 0 Å². The van der Waals surface area contributed by atoms with Gasteiger partial charge >= 0.3 is 0 Å². The van der Waals surface area contributed by atoms with Crippen LogP contribution in [-0.2, 0) is 11.2 Å². The average molecular weight is 403 g/mol. The number of ketones is 1. The molecule has 0 aliphatic rings. The molecule has 2 aromatic heterocycles. The van der Waals surface area contributed by atoms with Crippen molar-refractivity contribution in [3.63, 3.8) is 0 Å². The Hall–Kier alpha value is -2.44. The van der Waals surface area contributed by atoms with Crippen LogP contribution in [0.1, 0.15) is 76.5 Å². The number of fused-ring (bicyclic) bond motifs is 1. The van der Waals surface area contributed by atoms with Crippen molar-refractivity contribution in [2.24, 2.45) is 5.41 Å². The molecule has 0 radical (unpaired) electrons. The lowest BCUT2D eigenvalue weighted by atomic mass is 9.90. The quantitative estimate of drug-likeness (QED) is 0.603. The Morgan fingerprint density at radius 1 is 1.10 bits per heavy atom. The fraction of sp³-hybridized carbons (Fsp3) is 0.636. The molecule has 1 amide bonds. The molecule has 2 rings (SSSR count). The summed E-state index contributed by atoms with van der Waals surface area (Å²) in [6.07, 6.45) is 4.27. The Morgan fingerprint density at radius 2 is 1.72 bits per heavy atom. The van der Waals surface area contributed by atoms with E-state index < -0.39 is 5.41 Å². The summed E-state index contributed by atoms with van der Waals surface area (Å²) in [7, 11) is 1.53. The van der Waals surface area contributed by atoms with Crippen LogP contribution >= 0.6 is 0 Å². The number of unbranched alkanes of at least 4 members (excludes halogenated alkanes) is 2. The van der Waals surface area contributed by atoms with Gasteiger partial charge in [-0.05, 0) is 18.4 Å². The zero-order chi connectivity index (χ0) is 21.6. The van der Waals surface area contributed by atoms with Gasteiger partial charge < -0.3 is 14.6 Å². The lowest BCUT2D eigenvalue weighted by Crippen LogP contribution is -2.34. The minimum Gasteiger partial charge on any atom is -0.481 e. The highest BCUT2D eigenvalue weighted by Gasteiger charge is 2.27. The molecule has 29 heavy (non-hydrogen) atoms. The van der Waals surface area contributed by atoms with Crippen molar-refractivity contribution in [3.05, 3.63) is 17.5 Å². The first-order chi connectivity index (χ1) is 13.7. The molecular weight excluding hydrogens is 368 g/mol. The molecule has 7 heteroatoms. The van der Waals surface area contributed by atoms with Crippen molar-refractivity contribution in [1.29, 1.82) is 0 Å². The Morgan fingerprint density at radius 3 is 2.24 bits per heavy atom. The Balaban J connectivity index is 2.38. The fourth-order valence-corrected chi connectivity index (χ4v) is 3.07. The number of H-pyrrole nitrogens is 1. The zero-order valence-corrected chi connectivity index (χ0v) is 18.6. The van der Waals surface area contributed by atoms with Gasteiger partial charge in [0.15, 0.2) is 11.5 Å². The largest absolute Gasteiger partial charge is 0.481 e. The van der Waals surface area contributed by atoms with E-state index in [2.05, 4.69) is 28.8 Å². The molecule has 1 N–H and O–H groups in total. The van der Waals surface area contributed by atoms with Gasteiger partial charge in [0, 0.05) is 24.6 Å². The lowest BCUT2D eigenvalue weighted by Gasteiger charge is -2.22. The van der Waals surface area contributed by atoms with Gasteiger partial charge in [0.1, 0.15) is 0 Å². The van der Waals surface area contributed by atoms with Crippen molar-refractivity contribution in [1.82, 2.24) is 19.9 Å². The number of nitrogens with zero attached hydrogens (tertiary/aromatic N) is 3. The van der Waals surface area contributed by atoms with Gasteiger partial charge in [-0.25, -0.2) is 4.98 Å². The molecule has 0 saturated carbocycles. The molecule has 2 heterocycles. The summed E-state index contributed by atoms with van der Waals surface area (Å²) in [4.78, 5) is 39.4. The predicted octanol–water partition coefficient (Wildman–Crippen LogP) is 4.17. The van der Waals surface area contributed by atoms with Crippen LogP contribution in [0.25, 0.3) is 11.2 Å². The number of aromatic nitrogens is 3. The standard InChI is InChI=1S/C22H34N4O3/c1-7-9-11-26(12-10-8-2)17(27)14-15-13-16(29-6)23-20-18(15)24-21(25-20)19(28)22(3,4)5/h13H,7-12,14H2,1-6H3,(H,23,24,25). The minimum absolute atomic E-state index is 0.0692. The second kappa shape index (κ2) is 9.85. The van der Waals surface area contributed by atoms with Crippen LogP contribution < -0.4 is 4.74 Å². The SMILES string of the molecule is CCCCN(CCCC)C(=O)Cc1cc(OC)nc2nc(C(=O)C(C)(C)C)[nH]c12. The maximum absolute atomic E-state index is 13.0. The number of nitrogens with one attached hydrogen (secondary N) is 1. The van der Waals surface area contributed by atoms with Gasteiger partial charge in [-0.15, -0.1) is 0 Å². The van der Waals surface area contributed by atoms with Crippen LogP contribution in [0, 0.1) is 5.41 Å². The van der Waals surface area contributed by atoms with Crippen LogP contribution in [-0.4, -0.2) is 51.7 Å². The van der Waals surface area contributed by atoms with E-state index in [1.807, 2.05) is 25.7 Å². The van der Waals surface area contributed by atoms with Crippen LogP contribution in [0.5, 0.6) is 5.88 Å². The number of imidazole rings is 1. The van der Waals surface area contributed by atoms with Gasteiger partial charge in [0.05, 0.1) is 19.0 Å². The molecule has 0 aliphatic heterocycles. The molecule has 0 spiro atoms. The molecule has 0 aliphatic carbocycles. The summed E-state index contributed by atoms with van der Waals surface area (Å²) in [5.41, 5.74) is 1.20. The van der Waals surface area contributed by atoms with Crippen molar-refractivity contribution in [2.75, 3.05) is 20.2 Å².